The van der Waals surface area contributed by atoms with Crippen LogP contribution < -0.4 is 10.2 Å². The van der Waals surface area contributed by atoms with Gasteiger partial charge in [0.15, 0.2) is 0 Å². The normalized spacial score (nSPS) is 19.4. The molecule has 1 aliphatic rings. The quantitative estimate of drug-likeness (QED) is 0.806. The Morgan fingerprint density at radius 2 is 1.82 bits per heavy atom. The highest BCUT2D eigenvalue weighted by atomic mass is 16.7. The highest BCUT2D eigenvalue weighted by Gasteiger charge is 2.51. The van der Waals surface area contributed by atoms with Crippen molar-refractivity contribution in [1.82, 2.24) is 14.8 Å². The summed E-state index contributed by atoms with van der Waals surface area (Å²) in [6, 6.07) is 5.80. The van der Waals surface area contributed by atoms with Crippen LogP contribution in [-0.2, 0) is 9.31 Å². The third kappa shape index (κ3) is 2.40. The maximum absolute atomic E-state index is 6.07. The van der Waals surface area contributed by atoms with Gasteiger partial charge in [-0.1, -0.05) is 6.07 Å². The number of methoxy groups -OCH3 is 1. The van der Waals surface area contributed by atoms with Crippen molar-refractivity contribution < 1.29 is 14.0 Å². The molecule has 0 amide bonds. The van der Waals surface area contributed by atoms with Crippen LogP contribution in [0.1, 0.15) is 27.7 Å². The Kier molecular flexibility index (Phi) is 3.49. The number of nitrogens with zero attached hydrogens (tertiary/aromatic N) is 3. The van der Waals surface area contributed by atoms with Gasteiger partial charge < -0.3 is 14.0 Å². The van der Waals surface area contributed by atoms with Crippen molar-refractivity contribution in [3.05, 3.63) is 30.9 Å². The summed E-state index contributed by atoms with van der Waals surface area (Å²) in [6.07, 6.45) is 3.12. The fraction of sp³-hybridized carbons (Fsp3) is 0.467. The predicted molar refractivity (Wildman–Crippen MR) is 83.6 cm³/mol. The van der Waals surface area contributed by atoms with E-state index in [1.807, 2.05) is 45.9 Å². The Hall–Kier alpha value is -1.86. The van der Waals surface area contributed by atoms with Crippen LogP contribution in [0, 0.1) is 0 Å². The second-order valence-corrected chi connectivity index (χ2v) is 6.36. The number of rotatable bonds is 3. The van der Waals surface area contributed by atoms with Gasteiger partial charge in [-0.05, 0) is 45.3 Å². The third-order valence-corrected chi connectivity index (χ3v) is 4.39. The lowest BCUT2D eigenvalue weighted by Gasteiger charge is -2.32. The average molecular weight is 301 g/mol. The maximum atomic E-state index is 6.07. The van der Waals surface area contributed by atoms with Crippen LogP contribution in [0.3, 0.4) is 0 Å². The molecular weight excluding hydrogens is 281 g/mol. The smallest absolute Gasteiger partial charge is 0.494 e. The van der Waals surface area contributed by atoms with Crippen molar-refractivity contribution in [2.45, 2.75) is 38.9 Å². The largest absolute Gasteiger partial charge is 0.495 e. The lowest BCUT2D eigenvalue weighted by atomic mass is 9.79. The van der Waals surface area contributed by atoms with Crippen LogP contribution in [-0.4, -0.2) is 40.2 Å². The van der Waals surface area contributed by atoms with Gasteiger partial charge in [-0.25, -0.2) is 9.67 Å². The van der Waals surface area contributed by atoms with Crippen molar-refractivity contribution in [3.8, 4) is 11.4 Å². The second-order valence-electron chi connectivity index (χ2n) is 6.36. The Morgan fingerprint density at radius 1 is 1.14 bits per heavy atom. The first-order valence-corrected chi connectivity index (χ1v) is 7.23. The molecule has 0 bridgehead atoms. The third-order valence-electron chi connectivity index (χ3n) is 4.39. The molecule has 6 nitrogen and oxygen atoms in total. The highest BCUT2D eigenvalue weighted by Crippen LogP contribution is 2.36. The number of benzene rings is 1. The van der Waals surface area contributed by atoms with Crippen LogP contribution in [0.5, 0.6) is 5.75 Å². The molecule has 0 saturated carbocycles. The predicted octanol–water partition coefficient (Wildman–Crippen LogP) is 1.58. The summed E-state index contributed by atoms with van der Waals surface area (Å²) in [5.74, 6) is 0.692. The molecule has 1 aliphatic heterocycles. The monoisotopic (exact) mass is 301 g/mol. The molecule has 0 unspecified atom stereocenters. The molecule has 2 aromatic rings. The molecule has 1 fully saturated rings. The summed E-state index contributed by atoms with van der Waals surface area (Å²) < 4.78 is 19.3. The van der Waals surface area contributed by atoms with Crippen molar-refractivity contribution in [2.24, 2.45) is 0 Å². The van der Waals surface area contributed by atoms with Crippen molar-refractivity contribution in [3.63, 3.8) is 0 Å². The van der Waals surface area contributed by atoms with Gasteiger partial charge in [-0.15, -0.1) is 0 Å². The summed E-state index contributed by atoms with van der Waals surface area (Å²) in [6.45, 7) is 8.14. The van der Waals surface area contributed by atoms with Crippen LogP contribution >= 0.6 is 0 Å². The van der Waals surface area contributed by atoms with E-state index in [2.05, 4.69) is 10.1 Å². The number of hydrogen-bond donors (Lipinski definition) is 0. The van der Waals surface area contributed by atoms with Gasteiger partial charge in [-0.2, -0.15) is 5.10 Å². The molecule has 1 aromatic carbocycles. The number of aromatic nitrogens is 3. The van der Waals surface area contributed by atoms with E-state index in [-0.39, 0.29) is 11.2 Å². The first-order valence-electron chi connectivity index (χ1n) is 7.23. The lowest BCUT2D eigenvalue weighted by molar-refractivity contribution is 0.00578. The molecule has 2 heterocycles. The van der Waals surface area contributed by atoms with Gasteiger partial charge in [0.25, 0.3) is 0 Å². The van der Waals surface area contributed by atoms with Crippen molar-refractivity contribution in [1.29, 1.82) is 0 Å². The minimum absolute atomic E-state index is 0.366. The Bertz CT molecular complexity index is 655. The van der Waals surface area contributed by atoms with E-state index in [4.69, 9.17) is 14.0 Å². The summed E-state index contributed by atoms with van der Waals surface area (Å²) in [7, 11) is 1.22. The molecule has 7 heteroatoms. The lowest BCUT2D eigenvalue weighted by Crippen LogP contribution is -2.41. The molecule has 0 aliphatic carbocycles. The summed E-state index contributed by atoms with van der Waals surface area (Å²) in [5.41, 5.74) is 1.00. The molecular formula is C15H20BN3O3. The van der Waals surface area contributed by atoms with E-state index < -0.39 is 7.12 Å². The highest BCUT2D eigenvalue weighted by molar-refractivity contribution is 6.62. The first kappa shape index (κ1) is 15.1. The molecule has 22 heavy (non-hydrogen) atoms. The zero-order chi connectivity index (χ0) is 16.0. The number of ether oxygens (including phenoxy) is 1. The molecule has 1 aromatic heterocycles. The molecule has 0 radical (unpaired) electrons. The topological polar surface area (TPSA) is 58.4 Å². The minimum Gasteiger partial charge on any atom is -0.495 e. The number of hydrogen-bond acceptors (Lipinski definition) is 5. The molecule has 0 atom stereocenters. The second kappa shape index (κ2) is 5.10. The van der Waals surface area contributed by atoms with Crippen LogP contribution in [0.4, 0.5) is 0 Å². The van der Waals surface area contributed by atoms with Crippen LogP contribution in [0.2, 0.25) is 0 Å². The maximum Gasteiger partial charge on any atom is 0.494 e. The van der Waals surface area contributed by atoms with Gasteiger partial charge in [0.05, 0.1) is 18.3 Å². The van der Waals surface area contributed by atoms with Crippen LogP contribution in [0.25, 0.3) is 5.69 Å². The molecule has 3 rings (SSSR count). The Morgan fingerprint density at radius 3 is 2.36 bits per heavy atom. The SMILES string of the molecule is COc1cc(B2OC(C)(C)C(C)(C)O2)ccc1-n1cncn1. The van der Waals surface area contributed by atoms with E-state index in [9.17, 15) is 0 Å². The van der Waals surface area contributed by atoms with E-state index in [0.29, 0.717) is 5.75 Å². The summed E-state index contributed by atoms with van der Waals surface area (Å²) in [4.78, 5) is 3.96. The summed E-state index contributed by atoms with van der Waals surface area (Å²) in [5, 5.41) is 4.13. The minimum atomic E-state index is -0.413. The Labute approximate surface area is 130 Å². The zero-order valence-electron chi connectivity index (χ0n) is 13.5. The fourth-order valence-electron chi connectivity index (χ4n) is 2.34. The van der Waals surface area contributed by atoms with Gasteiger partial charge in [0, 0.05) is 0 Å². The molecule has 1 saturated heterocycles. The van der Waals surface area contributed by atoms with Crippen molar-refractivity contribution >= 4 is 12.6 Å². The fourth-order valence-corrected chi connectivity index (χ4v) is 2.34. The van der Waals surface area contributed by atoms with Gasteiger partial charge >= 0.3 is 7.12 Å². The average Bonchev–Trinajstić information content (AvgIpc) is 3.05. The van der Waals surface area contributed by atoms with E-state index >= 15 is 0 Å². The van der Waals surface area contributed by atoms with E-state index in [0.717, 1.165) is 11.2 Å². The first-order chi connectivity index (χ1) is 10.3. The standard InChI is InChI=1S/C15H20BN3O3/c1-14(2)15(3,4)22-16(21-14)11-6-7-12(13(8-11)20-5)19-10-17-9-18-19/h6-10H,1-5H3. The van der Waals surface area contributed by atoms with Gasteiger partial charge in [0.2, 0.25) is 0 Å². The Balaban J connectivity index is 1.94. The molecule has 0 N–H and O–H groups in total. The summed E-state index contributed by atoms with van der Waals surface area (Å²) >= 11 is 0. The van der Waals surface area contributed by atoms with E-state index in [1.54, 1.807) is 18.1 Å². The van der Waals surface area contributed by atoms with Crippen LogP contribution in [0.15, 0.2) is 30.9 Å². The molecule has 0 spiro atoms. The van der Waals surface area contributed by atoms with Gasteiger partial charge in [-0.3, -0.25) is 0 Å². The molecule has 116 valence electrons. The van der Waals surface area contributed by atoms with Crippen molar-refractivity contribution in [2.75, 3.05) is 7.11 Å². The van der Waals surface area contributed by atoms with E-state index in [1.165, 1.54) is 6.33 Å². The zero-order valence-corrected chi connectivity index (χ0v) is 13.5. The van der Waals surface area contributed by atoms with Gasteiger partial charge in [0.1, 0.15) is 24.1 Å².